The third-order valence-corrected chi connectivity index (χ3v) is 1.36. The van der Waals surface area contributed by atoms with Crippen LogP contribution >= 0.6 is 0 Å². The molecule has 1 rings (SSSR count). The van der Waals surface area contributed by atoms with E-state index in [2.05, 4.69) is 5.73 Å². The lowest BCUT2D eigenvalue weighted by Crippen LogP contribution is -3.00. The SMILES string of the molecule is [2H]C([2H])([NH3+])c1ccc(F)c(C)c1.[Cl-]. The molecule has 0 unspecified atom stereocenters. The van der Waals surface area contributed by atoms with Crippen LogP contribution in [0.1, 0.15) is 13.9 Å². The molecule has 3 heteroatoms. The van der Waals surface area contributed by atoms with Crippen LogP contribution in [0.3, 0.4) is 0 Å². The largest absolute Gasteiger partial charge is 1.00 e. The highest BCUT2D eigenvalue weighted by Gasteiger charge is 1.96. The molecule has 0 spiro atoms. The van der Waals surface area contributed by atoms with Crippen molar-refractivity contribution in [2.45, 2.75) is 13.4 Å². The monoisotopic (exact) mass is 177 g/mol. The molecular formula is C8H11ClFN. The summed E-state index contributed by atoms with van der Waals surface area (Å²) in [6.07, 6.45) is 0. The average molecular weight is 178 g/mol. The highest BCUT2D eigenvalue weighted by molar-refractivity contribution is 5.22. The Morgan fingerprint density at radius 2 is 2.27 bits per heavy atom. The van der Waals surface area contributed by atoms with Crippen LogP contribution in [0.25, 0.3) is 0 Å². The van der Waals surface area contributed by atoms with Gasteiger partial charge in [-0.1, -0.05) is 6.07 Å². The van der Waals surface area contributed by atoms with Gasteiger partial charge in [-0.15, -0.1) is 0 Å². The van der Waals surface area contributed by atoms with Gasteiger partial charge < -0.3 is 18.1 Å². The summed E-state index contributed by atoms with van der Waals surface area (Å²) in [5.41, 5.74) is 4.17. The number of halogens is 2. The molecular weight excluding hydrogens is 165 g/mol. The minimum atomic E-state index is -1.64. The topological polar surface area (TPSA) is 27.6 Å². The minimum Gasteiger partial charge on any atom is -1.00 e. The van der Waals surface area contributed by atoms with Crippen LogP contribution in [0.15, 0.2) is 18.2 Å². The predicted octanol–water partition coefficient (Wildman–Crippen LogP) is -2.12. The van der Waals surface area contributed by atoms with Gasteiger partial charge in [0.1, 0.15) is 5.82 Å². The molecule has 0 fully saturated rings. The van der Waals surface area contributed by atoms with Crippen LogP contribution in [-0.4, -0.2) is 0 Å². The molecule has 0 bridgehead atoms. The second-order valence-electron chi connectivity index (χ2n) is 2.14. The third kappa shape index (κ3) is 2.48. The van der Waals surface area contributed by atoms with E-state index in [0.29, 0.717) is 11.1 Å². The quantitative estimate of drug-likeness (QED) is 0.508. The standard InChI is InChI=1S/C8H10FN.ClH/c1-6-4-7(5-10)2-3-8(6)9;/h2-4H,5,10H2,1H3;1H/i5D2;. The molecule has 1 aromatic rings. The van der Waals surface area contributed by atoms with Gasteiger partial charge in [0.25, 0.3) is 0 Å². The fourth-order valence-electron chi connectivity index (χ4n) is 0.755. The molecule has 0 amide bonds. The van der Waals surface area contributed by atoms with Crippen molar-refractivity contribution in [2.75, 3.05) is 0 Å². The normalized spacial score (nSPS) is 13.0. The Labute approximate surface area is 74.6 Å². The van der Waals surface area contributed by atoms with Gasteiger partial charge in [0.15, 0.2) is 0 Å². The summed E-state index contributed by atoms with van der Waals surface area (Å²) >= 11 is 0. The molecule has 0 saturated heterocycles. The van der Waals surface area contributed by atoms with E-state index in [1.54, 1.807) is 6.92 Å². The van der Waals surface area contributed by atoms with Gasteiger partial charge in [-0.05, 0) is 24.6 Å². The summed E-state index contributed by atoms with van der Waals surface area (Å²) in [6.45, 7) is -0.0387. The first-order valence-electron chi connectivity index (χ1n) is 4.03. The van der Waals surface area contributed by atoms with Crippen molar-refractivity contribution in [2.24, 2.45) is 0 Å². The molecule has 0 heterocycles. The van der Waals surface area contributed by atoms with Crippen molar-refractivity contribution in [3.05, 3.63) is 35.1 Å². The number of quaternary nitrogens is 1. The van der Waals surface area contributed by atoms with Crippen molar-refractivity contribution < 1.29 is 25.3 Å². The van der Waals surface area contributed by atoms with E-state index in [9.17, 15) is 4.39 Å². The van der Waals surface area contributed by atoms with Crippen LogP contribution in [0.5, 0.6) is 0 Å². The lowest BCUT2D eigenvalue weighted by molar-refractivity contribution is -0.386. The predicted molar refractivity (Wildman–Crippen MR) is 37.7 cm³/mol. The molecule has 0 saturated carbocycles. The van der Waals surface area contributed by atoms with Gasteiger partial charge in [-0.25, -0.2) is 4.39 Å². The fraction of sp³-hybridized carbons (Fsp3) is 0.250. The first-order valence-corrected chi connectivity index (χ1v) is 3.03. The number of hydrogen-bond donors (Lipinski definition) is 1. The maximum Gasteiger partial charge on any atom is 0.126 e. The Bertz CT molecular complexity index is 299. The zero-order valence-corrected chi connectivity index (χ0v) is 6.95. The van der Waals surface area contributed by atoms with E-state index in [1.165, 1.54) is 18.2 Å². The first-order chi connectivity index (χ1) is 5.41. The van der Waals surface area contributed by atoms with Crippen LogP contribution in [0.2, 0.25) is 0 Å². The number of benzene rings is 1. The van der Waals surface area contributed by atoms with Gasteiger partial charge >= 0.3 is 0 Å². The summed E-state index contributed by atoms with van der Waals surface area (Å²) in [4.78, 5) is 0. The summed E-state index contributed by atoms with van der Waals surface area (Å²) in [5.74, 6) is -0.317. The Morgan fingerprint density at radius 3 is 2.73 bits per heavy atom. The molecule has 0 radical (unpaired) electrons. The van der Waals surface area contributed by atoms with Crippen molar-refractivity contribution in [3.8, 4) is 0 Å². The highest BCUT2D eigenvalue weighted by atomic mass is 35.5. The summed E-state index contributed by atoms with van der Waals surface area (Å²) < 4.78 is 27.3. The van der Waals surface area contributed by atoms with E-state index in [4.69, 9.17) is 2.74 Å². The summed E-state index contributed by atoms with van der Waals surface area (Å²) in [5, 5.41) is 0. The van der Waals surface area contributed by atoms with Crippen molar-refractivity contribution in [3.63, 3.8) is 0 Å². The van der Waals surface area contributed by atoms with Crippen LogP contribution < -0.4 is 18.1 Å². The molecule has 0 aliphatic carbocycles. The average Bonchev–Trinajstić information content (AvgIpc) is 1.92. The molecule has 0 aliphatic heterocycles. The first kappa shape index (κ1) is 7.07. The zero-order chi connectivity index (χ0) is 9.35. The van der Waals surface area contributed by atoms with Gasteiger partial charge in [-0.3, -0.25) is 0 Å². The maximum atomic E-state index is 12.7. The minimum absolute atomic E-state index is 0. The van der Waals surface area contributed by atoms with E-state index in [0.717, 1.165) is 0 Å². The third-order valence-electron chi connectivity index (χ3n) is 1.36. The Balaban J connectivity index is 0.00000144. The fourth-order valence-corrected chi connectivity index (χ4v) is 0.755. The van der Waals surface area contributed by atoms with E-state index < -0.39 is 6.50 Å². The van der Waals surface area contributed by atoms with Crippen LogP contribution in [0, 0.1) is 12.7 Å². The molecule has 0 aromatic heterocycles. The molecule has 1 nitrogen and oxygen atoms in total. The maximum absolute atomic E-state index is 12.7. The molecule has 62 valence electrons. The highest BCUT2D eigenvalue weighted by Crippen LogP contribution is 2.07. The van der Waals surface area contributed by atoms with Crippen molar-refractivity contribution >= 4 is 0 Å². The lowest BCUT2D eigenvalue weighted by atomic mass is 10.1. The van der Waals surface area contributed by atoms with Gasteiger partial charge in [0, 0.05) is 5.56 Å². The van der Waals surface area contributed by atoms with Gasteiger partial charge in [-0.2, -0.15) is 0 Å². The molecule has 0 atom stereocenters. The molecule has 0 aliphatic rings. The van der Waals surface area contributed by atoms with E-state index >= 15 is 0 Å². The smallest absolute Gasteiger partial charge is 0.126 e. The molecule has 3 N–H and O–H groups in total. The van der Waals surface area contributed by atoms with E-state index in [-0.39, 0.29) is 18.2 Å². The number of hydrogen-bond acceptors (Lipinski definition) is 0. The van der Waals surface area contributed by atoms with Crippen molar-refractivity contribution in [1.82, 2.24) is 0 Å². The lowest BCUT2D eigenvalue weighted by Gasteiger charge is -1.96. The summed E-state index contributed by atoms with van der Waals surface area (Å²) in [6, 6.07) is 4.14. The Kier molecular flexibility index (Phi) is 2.77. The van der Waals surface area contributed by atoms with E-state index in [1.807, 2.05) is 0 Å². The van der Waals surface area contributed by atoms with Crippen molar-refractivity contribution in [1.29, 1.82) is 0 Å². The molecule has 1 aromatic carbocycles. The molecule has 11 heavy (non-hydrogen) atoms. The van der Waals surface area contributed by atoms with Crippen LogP contribution in [-0.2, 0) is 6.50 Å². The van der Waals surface area contributed by atoms with Gasteiger partial charge in [0.2, 0.25) is 0 Å². The van der Waals surface area contributed by atoms with Gasteiger partial charge in [0.05, 0.1) is 9.24 Å². The number of rotatable bonds is 1. The van der Waals surface area contributed by atoms with Crippen LogP contribution in [0.4, 0.5) is 4.39 Å². The second-order valence-corrected chi connectivity index (χ2v) is 2.14. The Morgan fingerprint density at radius 1 is 1.64 bits per heavy atom. The zero-order valence-electron chi connectivity index (χ0n) is 8.20. The summed E-state index contributed by atoms with van der Waals surface area (Å²) in [7, 11) is 0. The number of aryl methyl sites for hydroxylation is 1. The second kappa shape index (κ2) is 4.31. The Hall–Kier alpha value is -0.600.